The number of aryl methyl sites for hydroxylation is 2. The van der Waals surface area contributed by atoms with Crippen LogP contribution in [0.25, 0.3) is 0 Å². The second-order valence-corrected chi connectivity index (χ2v) is 11.8. The molecule has 2 heterocycles. The Morgan fingerprint density at radius 2 is 1.80 bits per heavy atom. The lowest BCUT2D eigenvalue weighted by atomic mass is 9.82. The number of aromatic amines is 1. The summed E-state index contributed by atoms with van der Waals surface area (Å²) in [6.45, 7) is 13.0. The molecule has 1 saturated heterocycles. The van der Waals surface area contributed by atoms with Crippen molar-refractivity contribution < 1.29 is 4.79 Å². The molecule has 2 aromatic rings. The summed E-state index contributed by atoms with van der Waals surface area (Å²) in [6, 6.07) is 6.44. The van der Waals surface area contributed by atoms with Crippen LogP contribution in [0.2, 0.25) is 0 Å². The smallest absolute Gasteiger partial charge is 0.253 e. The summed E-state index contributed by atoms with van der Waals surface area (Å²) < 4.78 is 0. The number of carbonyl (C=O) groups is 1. The van der Waals surface area contributed by atoms with E-state index in [2.05, 4.69) is 57.3 Å². The van der Waals surface area contributed by atoms with E-state index in [1.54, 1.807) is 0 Å². The number of nitrogens with zero attached hydrogens (tertiary/aromatic N) is 2. The lowest BCUT2D eigenvalue weighted by molar-refractivity contribution is 0.0950. The molecular weight excluding hydrogens is 500 g/mol. The highest BCUT2D eigenvalue weighted by atomic mass is 16.1. The first-order valence-corrected chi connectivity index (χ1v) is 14.6. The predicted molar refractivity (Wildman–Crippen MR) is 163 cm³/mol. The van der Waals surface area contributed by atoms with Crippen molar-refractivity contribution in [1.82, 2.24) is 20.1 Å². The Bertz CT molecular complexity index is 1310. The number of carbonyl (C=O) groups excluding carboxylic acids is 1. The van der Waals surface area contributed by atoms with Crippen molar-refractivity contribution in [1.29, 1.82) is 0 Å². The summed E-state index contributed by atoms with van der Waals surface area (Å²) >= 11 is 0. The first-order chi connectivity index (χ1) is 19.1. The Morgan fingerprint density at radius 3 is 2.48 bits per heavy atom. The van der Waals surface area contributed by atoms with Crippen LogP contribution in [-0.4, -0.2) is 72.5 Å². The van der Waals surface area contributed by atoms with Crippen molar-refractivity contribution in [3.05, 3.63) is 62.1 Å². The fourth-order valence-electron chi connectivity index (χ4n) is 5.80. The van der Waals surface area contributed by atoms with E-state index < -0.39 is 0 Å². The topological polar surface area (TPSA) is 106 Å². The number of H-pyrrole nitrogens is 1. The molecular formula is C32H46N6O2. The first-order valence-electron chi connectivity index (χ1n) is 14.6. The molecule has 4 rings (SSSR count). The molecule has 2 fully saturated rings. The van der Waals surface area contributed by atoms with Crippen LogP contribution < -0.4 is 21.9 Å². The van der Waals surface area contributed by atoms with E-state index in [0.29, 0.717) is 29.6 Å². The second-order valence-electron chi connectivity index (χ2n) is 11.8. The fourth-order valence-corrected chi connectivity index (χ4v) is 5.80. The molecule has 1 aliphatic carbocycles. The number of anilines is 1. The standard InChI is InChI=1S/C32H46N6O2/c1-21-17-22(2)35-32(40)29(21)20-34-31(39)28-18-25(7-6-12-38-15-13-37(5)14-16-38)19-30(23(28)3)36-24(4)26-8-10-27(33)11-9-26/h17-19,24,26-27,36H,8-16,20,33H2,1-5H3,(H,34,39)(H,35,40). The van der Waals surface area contributed by atoms with Crippen LogP contribution in [0.15, 0.2) is 23.0 Å². The van der Waals surface area contributed by atoms with Crippen LogP contribution in [0.5, 0.6) is 0 Å². The largest absolute Gasteiger partial charge is 0.382 e. The molecule has 0 bridgehead atoms. The summed E-state index contributed by atoms with van der Waals surface area (Å²) in [4.78, 5) is 33.5. The van der Waals surface area contributed by atoms with Gasteiger partial charge in [0.25, 0.3) is 11.5 Å². The highest BCUT2D eigenvalue weighted by Gasteiger charge is 2.24. The Hall–Kier alpha value is -3.12. The van der Waals surface area contributed by atoms with E-state index in [9.17, 15) is 9.59 Å². The van der Waals surface area contributed by atoms with Gasteiger partial charge in [-0.15, -0.1) is 0 Å². The average molecular weight is 547 g/mol. The molecule has 1 amide bonds. The van der Waals surface area contributed by atoms with Gasteiger partial charge in [-0.25, -0.2) is 0 Å². The van der Waals surface area contributed by atoms with Crippen LogP contribution in [0, 0.1) is 38.5 Å². The quantitative estimate of drug-likeness (QED) is 0.398. The van der Waals surface area contributed by atoms with Gasteiger partial charge in [-0.3, -0.25) is 14.5 Å². The molecule has 8 heteroatoms. The van der Waals surface area contributed by atoms with Gasteiger partial charge in [-0.05, 0) is 95.7 Å². The van der Waals surface area contributed by atoms with Crippen LogP contribution in [-0.2, 0) is 6.54 Å². The number of likely N-dealkylation sites (N-methyl/N-ethyl adjacent to an activating group) is 1. The number of hydrogen-bond donors (Lipinski definition) is 4. The van der Waals surface area contributed by atoms with Crippen LogP contribution in [0.3, 0.4) is 0 Å². The number of hydrogen-bond acceptors (Lipinski definition) is 6. The normalized spacial score (nSPS) is 20.9. The molecule has 1 aliphatic heterocycles. The Kier molecular flexibility index (Phi) is 10.1. The van der Waals surface area contributed by atoms with Crippen molar-refractivity contribution in [3.63, 3.8) is 0 Å². The molecule has 1 aromatic heterocycles. The number of nitrogens with one attached hydrogen (secondary N) is 3. The van der Waals surface area contributed by atoms with Gasteiger partial charge in [0.05, 0.1) is 6.54 Å². The third kappa shape index (κ3) is 7.75. The number of pyridine rings is 1. The third-order valence-electron chi connectivity index (χ3n) is 8.61. The molecule has 1 saturated carbocycles. The Labute approximate surface area is 239 Å². The van der Waals surface area contributed by atoms with E-state index in [1.165, 1.54) is 0 Å². The molecule has 0 spiro atoms. The minimum absolute atomic E-state index is 0.165. The van der Waals surface area contributed by atoms with Crippen molar-refractivity contribution in [2.24, 2.45) is 11.7 Å². The zero-order valence-corrected chi connectivity index (χ0v) is 24.8. The lowest BCUT2D eigenvalue weighted by Crippen LogP contribution is -2.44. The lowest BCUT2D eigenvalue weighted by Gasteiger charge is -2.32. The first kappa shape index (κ1) is 29.9. The Morgan fingerprint density at radius 1 is 1.10 bits per heavy atom. The van der Waals surface area contributed by atoms with E-state index in [4.69, 9.17) is 5.73 Å². The van der Waals surface area contributed by atoms with Gasteiger partial charge < -0.3 is 26.3 Å². The number of aromatic nitrogens is 1. The van der Waals surface area contributed by atoms with E-state index in [1.807, 2.05) is 32.9 Å². The molecule has 216 valence electrons. The van der Waals surface area contributed by atoms with Crippen molar-refractivity contribution in [2.45, 2.75) is 72.0 Å². The van der Waals surface area contributed by atoms with Crippen LogP contribution >= 0.6 is 0 Å². The monoisotopic (exact) mass is 546 g/mol. The number of nitrogens with two attached hydrogens (primary N) is 1. The van der Waals surface area contributed by atoms with Gasteiger partial charge in [-0.1, -0.05) is 11.8 Å². The summed E-state index contributed by atoms with van der Waals surface area (Å²) in [7, 11) is 2.15. The zero-order valence-electron chi connectivity index (χ0n) is 24.8. The molecule has 1 aromatic carbocycles. The van der Waals surface area contributed by atoms with Crippen molar-refractivity contribution in [3.8, 4) is 11.8 Å². The highest BCUT2D eigenvalue weighted by molar-refractivity contribution is 5.97. The van der Waals surface area contributed by atoms with Gasteiger partial charge >= 0.3 is 0 Å². The van der Waals surface area contributed by atoms with E-state index >= 15 is 0 Å². The van der Waals surface area contributed by atoms with Crippen LogP contribution in [0.4, 0.5) is 5.69 Å². The van der Waals surface area contributed by atoms with Gasteiger partial charge in [0.1, 0.15) is 0 Å². The molecule has 5 N–H and O–H groups in total. The van der Waals surface area contributed by atoms with Gasteiger partial charge in [0, 0.05) is 72.9 Å². The number of amides is 1. The minimum atomic E-state index is -0.209. The maximum atomic E-state index is 13.5. The molecule has 0 radical (unpaired) electrons. The zero-order chi connectivity index (χ0) is 28.8. The van der Waals surface area contributed by atoms with Gasteiger partial charge in [-0.2, -0.15) is 0 Å². The predicted octanol–water partition coefficient (Wildman–Crippen LogP) is 3.15. The van der Waals surface area contributed by atoms with E-state index in [-0.39, 0.29) is 24.1 Å². The number of benzene rings is 1. The SMILES string of the molecule is Cc1cc(C)c(CNC(=O)c2cc(C#CCN3CCN(C)CC3)cc(NC(C)C3CCC(N)CC3)c2C)c(=O)[nH]1. The summed E-state index contributed by atoms with van der Waals surface area (Å²) in [5.41, 5.74) is 11.4. The number of piperazine rings is 1. The highest BCUT2D eigenvalue weighted by Crippen LogP contribution is 2.30. The van der Waals surface area contributed by atoms with Gasteiger partial charge in [0.2, 0.25) is 0 Å². The van der Waals surface area contributed by atoms with Crippen molar-refractivity contribution >= 4 is 11.6 Å². The molecule has 2 aliphatic rings. The third-order valence-corrected chi connectivity index (χ3v) is 8.61. The number of rotatable bonds is 7. The second kappa shape index (κ2) is 13.5. The average Bonchev–Trinajstić information content (AvgIpc) is 2.91. The summed E-state index contributed by atoms with van der Waals surface area (Å²) in [6.07, 6.45) is 4.32. The van der Waals surface area contributed by atoms with Crippen LogP contribution in [0.1, 0.15) is 70.9 Å². The minimum Gasteiger partial charge on any atom is -0.382 e. The summed E-state index contributed by atoms with van der Waals surface area (Å²) in [5.74, 6) is 7.00. The fraction of sp³-hybridized carbons (Fsp3) is 0.562. The maximum absolute atomic E-state index is 13.5. The summed E-state index contributed by atoms with van der Waals surface area (Å²) in [5, 5.41) is 6.70. The maximum Gasteiger partial charge on any atom is 0.253 e. The van der Waals surface area contributed by atoms with E-state index in [0.717, 1.165) is 79.9 Å². The van der Waals surface area contributed by atoms with Crippen molar-refractivity contribution in [2.75, 3.05) is 45.1 Å². The molecule has 8 nitrogen and oxygen atoms in total. The molecule has 1 unspecified atom stereocenters. The molecule has 40 heavy (non-hydrogen) atoms. The molecule has 1 atom stereocenters. The Balaban J connectivity index is 1.55. The van der Waals surface area contributed by atoms with Gasteiger partial charge in [0.15, 0.2) is 0 Å².